The molecule has 0 radical (unpaired) electrons. The Morgan fingerprint density at radius 2 is 1.03 bits per heavy atom. The lowest BCUT2D eigenvalue weighted by Gasteiger charge is -2.43. The molecule has 3 rings (SSSR count). The lowest BCUT2D eigenvalue weighted by molar-refractivity contribution is -0.337. The maximum atomic E-state index is 10.2. The Labute approximate surface area is 187 Å². The van der Waals surface area contributed by atoms with Crippen molar-refractivity contribution in [1.82, 2.24) is 0 Å². The van der Waals surface area contributed by atoms with E-state index in [1.54, 1.807) is 0 Å². The Morgan fingerprint density at radius 1 is 0.545 bits per heavy atom. The fourth-order valence-electron chi connectivity index (χ4n) is 3.80. The highest BCUT2D eigenvalue weighted by atomic mass is 16.7. The van der Waals surface area contributed by atoms with E-state index >= 15 is 0 Å². The molecule has 0 spiro atoms. The van der Waals surface area contributed by atoms with Crippen molar-refractivity contribution in [1.29, 1.82) is 0 Å². The molecule has 15 heteroatoms. The highest BCUT2D eigenvalue weighted by Gasteiger charge is 2.48. The van der Waals surface area contributed by atoms with Crippen LogP contribution in [0.25, 0.3) is 0 Å². The minimum atomic E-state index is -1.74. The summed E-state index contributed by atoms with van der Waals surface area (Å²) in [5.41, 5.74) is 0. The van der Waals surface area contributed by atoms with Crippen LogP contribution >= 0.6 is 0 Å². The highest BCUT2D eigenvalue weighted by molar-refractivity contribution is 4.92. The normalized spacial score (nSPS) is 51.5. The van der Waals surface area contributed by atoms with E-state index in [-0.39, 0.29) is 6.42 Å². The summed E-state index contributed by atoms with van der Waals surface area (Å²) in [7, 11) is 0. The predicted molar refractivity (Wildman–Crippen MR) is 99.9 cm³/mol. The van der Waals surface area contributed by atoms with E-state index in [4.69, 9.17) is 23.7 Å². The molecule has 33 heavy (non-hydrogen) atoms. The van der Waals surface area contributed by atoms with Crippen LogP contribution in [0, 0.1) is 0 Å². The summed E-state index contributed by atoms with van der Waals surface area (Å²) >= 11 is 0. The molecule has 3 aliphatic heterocycles. The monoisotopic (exact) mass is 488 g/mol. The van der Waals surface area contributed by atoms with Crippen molar-refractivity contribution in [2.75, 3.05) is 19.8 Å². The van der Waals surface area contributed by atoms with E-state index in [9.17, 15) is 51.1 Å². The number of hydrogen-bond acceptors (Lipinski definition) is 15. The van der Waals surface area contributed by atoms with Crippen molar-refractivity contribution in [3.05, 3.63) is 0 Å². The van der Waals surface area contributed by atoms with Gasteiger partial charge >= 0.3 is 0 Å². The van der Waals surface area contributed by atoms with Crippen LogP contribution in [-0.2, 0) is 23.7 Å². The molecule has 10 N–H and O–H groups in total. The van der Waals surface area contributed by atoms with E-state index in [1.165, 1.54) is 0 Å². The summed E-state index contributed by atoms with van der Waals surface area (Å²) in [5, 5.41) is 98.4. The maximum absolute atomic E-state index is 10.2. The van der Waals surface area contributed by atoms with Gasteiger partial charge in [-0.25, -0.2) is 0 Å². The van der Waals surface area contributed by atoms with Crippen LogP contribution in [0.5, 0.6) is 0 Å². The molecule has 0 bridgehead atoms. The molecule has 0 aliphatic carbocycles. The minimum Gasteiger partial charge on any atom is -0.394 e. The molecule has 194 valence electrons. The zero-order valence-corrected chi connectivity index (χ0v) is 17.4. The highest BCUT2D eigenvalue weighted by Crippen LogP contribution is 2.27. The van der Waals surface area contributed by atoms with Gasteiger partial charge in [-0.2, -0.15) is 0 Å². The third-order valence-electron chi connectivity index (χ3n) is 5.92. The topological polar surface area (TPSA) is 248 Å². The molecule has 15 nitrogen and oxygen atoms in total. The first kappa shape index (κ1) is 27.0. The van der Waals surface area contributed by atoms with E-state index < -0.39 is 106 Å². The molecule has 0 aromatic rings. The summed E-state index contributed by atoms with van der Waals surface area (Å²) in [5.74, 6) is 0. The standard InChI is InChI=1S/C18H32O15/c19-2-7-10(22)12(24)14(26)17(32-7)30-4-9-11(23)13(25)15(27)18(33-9)29-3-8-5(20)1-6(21)16(28)31-8/h5-28H,1-4H2/t5-,6-,7+,8+,9+,10+,11+,12-,13-,14+,15+,16-,17-,18-/m0/s1. The Morgan fingerprint density at radius 3 is 1.58 bits per heavy atom. The van der Waals surface area contributed by atoms with E-state index in [2.05, 4.69) is 0 Å². The van der Waals surface area contributed by atoms with Gasteiger partial charge in [0.25, 0.3) is 0 Å². The first-order valence-electron chi connectivity index (χ1n) is 10.5. The summed E-state index contributed by atoms with van der Waals surface area (Å²) in [6, 6.07) is 0. The zero-order chi connectivity index (χ0) is 24.4. The lowest BCUT2D eigenvalue weighted by Crippen LogP contribution is -2.62. The van der Waals surface area contributed by atoms with Gasteiger partial charge in [0.2, 0.25) is 0 Å². The molecule has 3 fully saturated rings. The third kappa shape index (κ3) is 5.97. The van der Waals surface area contributed by atoms with E-state index in [0.29, 0.717) is 0 Å². The summed E-state index contributed by atoms with van der Waals surface area (Å²) < 4.78 is 26.3. The van der Waals surface area contributed by atoms with Crippen LogP contribution in [0.15, 0.2) is 0 Å². The first-order valence-corrected chi connectivity index (χ1v) is 10.5. The van der Waals surface area contributed by atoms with Crippen molar-refractivity contribution < 1.29 is 74.7 Å². The van der Waals surface area contributed by atoms with E-state index in [1.807, 2.05) is 0 Å². The Kier molecular flexibility index (Phi) is 9.35. The fourth-order valence-corrected chi connectivity index (χ4v) is 3.80. The quantitative estimate of drug-likeness (QED) is 0.160. The van der Waals surface area contributed by atoms with Crippen molar-refractivity contribution in [3.8, 4) is 0 Å². The average Bonchev–Trinajstić information content (AvgIpc) is 2.79. The van der Waals surface area contributed by atoms with Gasteiger partial charge in [-0.05, 0) is 0 Å². The molecule has 14 atom stereocenters. The smallest absolute Gasteiger partial charge is 0.186 e. The molecular weight excluding hydrogens is 456 g/mol. The number of aliphatic hydroxyl groups excluding tert-OH is 10. The van der Waals surface area contributed by atoms with Crippen LogP contribution < -0.4 is 0 Å². The summed E-state index contributed by atoms with van der Waals surface area (Å²) in [6.45, 7) is -1.61. The first-order chi connectivity index (χ1) is 15.5. The molecule has 3 heterocycles. The average molecular weight is 488 g/mol. The van der Waals surface area contributed by atoms with Crippen LogP contribution in [0.3, 0.4) is 0 Å². The van der Waals surface area contributed by atoms with Crippen molar-refractivity contribution in [2.24, 2.45) is 0 Å². The largest absolute Gasteiger partial charge is 0.394 e. The predicted octanol–water partition coefficient (Wildman–Crippen LogP) is -6.54. The van der Waals surface area contributed by atoms with Crippen LogP contribution in [0.1, 0.15) is 6.42 Å². The van der Waals surface area contributed by atoms with Gasteiger partial charge in [0.1, 0.15) is 61.0 Å². The Hall–Kier alpha value is -0.600. The van der Waals surface area contributed by atoms with E-state index in [0.717, 1.165) is 0 Å². The van der Waals surface area contributed by atoms with Crippen molar-refractivity contribution in [2.45, 2.75) is 92.4 Å². The van der Waals surface area contributed by atoms with Crippen LogP contribution in [0.2, 0.25) is 0 Å². The van der Waals surface area contributed by atoms with Crippen LogP contribution in [-0.4, -0.2) is 157 Å². The SMILES string of the molecule is OC[C@H]1O[C@H](OC[C@H]2O[C@H](OC[C@H]3O[C@H](O)[C@@H](O)C[C@@H]3O)[C@H](O)[C@@H](O)[C@@H]2O)[C@H](O)[C@@H](O)[C@@H]1O. The summed E-state index contributed by atoms with van der Waals surface area (Å²) in [6.07, 6.45) is -20.9. The number of ether oxygens (including phenoxy) is 5. The molecule has 0 aromatic carbocycles. The Balaban J connectivity index is 1.56. The number of hydrogen-bond donors (Lipinski definition) is 10. The number of aliphatic hydroxyl groups is 10. The number of rotatable bonds is 7. The lowest BCUT2D eigenvalue weighted by atomic mass is 9.98. The van der Waals surface area contributed by atoms with Crippen molar-refractivity contribution >= 4 is 0 Å². The maximum Gasteiger partial charge on any atom is 0.186 e. The second-order valence-electron chi connectivity index (χ2n) is 8.31. The van der Waals surface area contributed by atoms with Crippen molar-refractivity contribution in [3.63, 3.8) is 0 Å². The van der Waals surface area contributed by atoms with Gasteiger partial charge in [-0.1, -0.05) is 0 Å². The van der Waals surface area contributed by atoms with Gasteiger partial charge in [0, 0.05) is 6.42 Å². The second kappa shape index (κ2) is 11.4. The van der Waals surface area contributed by atoms with Gasteiger partial charge in [0.15, 0.2) is 18.9 Å². The molecule has 0 amide bonds. The van der Waals surface area contributed by atoms with Gasteiger partial charge < -0.3 is 74.7 Å². The minimum absolute atomic E-state index is 0.180. The van der Waals surface area contributed by atoms with Crippen LogP contribution in [0.4, 0.5) is 0 Å². The molecule has 0 saturated carbocycles. The molecular formula is C18H32O15. The van der Waals surface area contributed by atoms with Gasteiger partial charge in [0.05, 0.1) is 25.9 Å². The second-order valence-corrected chi connectivity index (χ2v) is 8.31. The Bertz CT molecular complexity index is 609. The van der Waals surface area contributed by atoms with Gasteiger partial charge in [-0.3, -0.25) is 0 Å². The summed E-state index contributed by atoms with van der Waals surface area (Å²) in [4.78, 5) is 0. The molecule has 0 unspecified atom stereocenters. The fraction of sp³-hybridized carbons (Fsp3) is 1.00. The molecule has 3 saturated heterocycles. The molecule has 3 aliphatic rings. The molecule has 0 aromatic heterocycles. The zero-order valence-electron chi connectivity index (χ0n) is 17.4. The third-order valence-corrected chi connectivity index (χ3v) is 5.92. The van der Waals surface area contributed by atoms with Gasteiger partial charge in [-0.15, -0.1) is 0 Å².